The summed E-state index contributed by atoms with van der Waals surface area (Å²) in [6.45, 7) is 9.57. The summed E-state index contributed by atoms with van der Waals surface area (Å²) in [5.41, 5.74) is 5.28. The Kier molecular flexibility index (Phi) is 10.1. The zero-order chi connectivity index (χ0) is 31.4. The van der Waals surface area contributed by atoms with E-state index < -0.39 is 12.6 Å². The Labute approximate surface area is 253 Å². The van der Waals surface area contributed by atoms with Crippen molar-refractivity contribution in [1.82, 2.24) is 25.2 Å². The molecule has 0 radical (unpaired) electrons. The smallest absolute Gasteiger partial charge is 0.338 e. The van der Waals surface area contributed by atoms with Crippen LogP contribution < -0.4 is 11.1 Å². The normalized spacial score (nSPS) is 21.6. The molecule has 0 amide bonds. The van der Waals surface area contributed by atoms with Gasteiger partial charge in [0, 0.05) is 30.2 Å². The molecule has 43 heavy (non-hydrogen) atoms. The number of piperidine rings is 1. The molecule has 9 nitrogen and oxygen atoms in total. The maximum atomic E-state index is 12.9. The van der Waals surface area contributed by atoms with Crippen LogP contribution in [0.5, 0.6) is 0 Å². The lowest BCUT2D eigenvalue weighted by atomic mass is 10.0. The molecule has 3 aliphatic heterocycles. The van der Waals surface area contributed by atoms with E-state index in [1.165, 1.54) is 24.9 Å². The molecule has 1 aromatic carbocycles. The maximum absolute atomic E-state index is 12.9. The minimum Gasteiger partial charge on any atom is -0.338 e. The Bertz CT molecular complexity index is 1500. The number of quaternary nitrogens is 1. The van der Waals surface area contributed by atoms with Crippen molar-refractivity contribution >= 4 is 27.7 Å². The number of nitrogens with zero attached hydrogens (tertiary/aromatic N) is 5. The summed E-state index contributed by atoms with van der Waals surface area (Å²) in [7, 11) is 3.22. The molecule has 0 aliphatic carbocycles. The van der Waals surface area contributed by atoms with E-state index in [0.29, 0.717) is 28.3 Å². The van der Waals surface area contributed by atoms with Crippen LogP contribution in [0.15, 0.2) is 41.2 Å². The van der Waals surface area contributed by atoms with Crippen molar-refractivity contribution in [3.05, 3.63) is 53.7 Å². The highest BCUT2D eigenvalue weighted by molar-refractivity contribution is 7.22. The van der Waals surface area contributed by atoms with Gasteiger partial charge in [-0.05, 0) is 51.9 Å². The first-order valence-electron chi connectivity index (χ1n) is 14.4. The van der Waals surface area contributed by atoms with E-state index in [4.69, 9.17) is 4.52 Å². The minimum atomic E-state index is -4.30. The van der Waals surface area contributed by atoms with Crippen LogP contribution in [0.25, 0.3) is 20.8 Å². The molecule has 13 heteroatoms. The molecule has 7 rings (SSSR count). The number of benzene rings is 1. The second-order valence-corrected chi connectivity index (χ2v) is 13.0. The second-order valence-electron chi connectivity index (χ2n) is 11.9. The Morgan fingerprint density at radius 2 is 1.88 bits per heavy atom. The monoisotopic (exact) mass is 620 g/mol. The van der Waals surface area contributed by atoms with Crippen LogP contribution in [-0.2, 0) is 18.5 Å². The molecule has 3 aliphatic rings. The number of rotatable bonds is 5. The summed E-state index contributed by atoms with van der Waals surface area (Å²) >= 11 is 1.24. The number of aromatic nitrogens is 4. The molecule has 6 heterocycles. The minimum absolute atomic E-state index is 0.0404. The van der Waals surface area contributed by atoms with Crippen LogP contribution in [0.1, 0.15) is 61.8 Å². The van der Waals surface area contributed by atoms with Gasteiger partial charge in [0.2, 0.25) is 11.7 Å². The third kappa shape index (κ3) is 7.51. The quantitative estimate of drug-likeness (QED) is 0.171. The van der Waals surface area contributed by atoms with Gasteiger partial charge in [-0.3, -0.25) is 9.48 Å². The molecule has 3 atom stereocenters. The van der Waals surface area contributed by atoms with Crippen molar-refractivity contribution in [3.63, 3.8) is 0 Å². The second kappa shape index (κ2) is 13.2. The van der Waals surface area contributed by atoms with E-state index in [0.717, 1.165) is 23.1 Å². The summed E-state index contributed by atoms with van der Waals surface area (Å²) in [5.74, 6) is 0.540. The Morgan fingerprint density at radius 1 is 1.16 bits per heavy atom. The summed E-state index contributed by atoms with van der Waals surface area (Å²) < 4.78 is 47.9. The average molecular weight is 621 g/mol. The number of hydrogen-bond acceptors (Lipinski definition) is 8. The zero-order valence-electron chi connectivity index (χ0n) is 25.3. The van der Waals surface area contributed by atoms with Gasteiger partial charge >= 0.3 is 6.18 Å². The Morgan fingerprint density at radius 3 is 2.37 bits per heavy atom. The van der Waals surface area contributed by atoms with E-state index in [2.05, 4.69) is 26.3 Å². The van der Waals surface area contributed by atoms with E-state index in [1.807, 2.05) is 20.8 Å². The lowest BCUT2D eigenvalue weighted by Gasteiger charge is -2.34. The number of fused-ring (bicyclic) bond motifs is 1. The molecule has 4 aromatic rings. The van der Waals surface area contributed by atoms with Gasteiger partial charge in [0.1, 0.15) is 12.6 Å². The highest BCUT2D eigenvalue weighted by Gasteiger charge is 2.68. The number of alkyl halides is 3. The number of carbonyl (C=O) groups is 1. The van der Waals surface area contributed by atoms with Gasteiger partial charge < -0.3 is 20.1 Å². The molecule has 3 saturated heterocycles. The lowest BCUT2D eigenvalue weighted by Crippen LogP contribution is -2.48. The third-order valence-corrected chi connectivity index (χ3v) is 9.29. The summed E-state index contributed by atoms with van der Waals surface area (Å²) in [6, 6.07) is 9.31. The molecule has 3 fully saturated rings. The average Bonchev–Trinajstić information content (AvgIpc) is 3.34. The van der Waals surface area contributed by atoms with Crippen molar-refractivity contribution in [3.8, 4) is 10.7 Å². The Balaban J connectivity index is 0.000000165. The first-order valence-corrected chi connectivity index (χ1v) is 15.2. The molecule has 3 N–H and O–H groups in total. The fraction of sp³-hybridized carbons (Fsp3) is 0.533. The van der Waals surface area contributed by atoms with Gasteiger partial charge in [-0.15, -0.1) is 11.3 Å². The Hall–Kier alpha value is -3.13. The highest BCUT2D eigenvalue weighted by Crippen LogP contribution is 2.53. The maximum Gasteiger partial charge on any atom is 0.393 e. The topological polar surface area (TPSA) is 112 Å². The van der Waals surface area contributed by atoms with Crippen molar-refractivity contribution in [2.24, 2.45) is 5.73 Å². The molecule has 1 spiro atoms. The van der Waals surface area contributed by atoms with Gasteiger partial charge in [0.05, 0.1) is 47.7 Å². The van der Waals surface area contributed by atoms with Crippen LogP contribution in [0, 0.1) is 0 Å². The van der Waals surface area contributed by atoms with Crippen LogP contribution >= 0.6 is 11.3 Å². The highest BCUT2D eigenvalue weighted by atomic mass is 32.1. The van der Waals surface area contributed by atoms with Crippen molar-refractivity contribution < 1.29 is 27.0 Å². The number of carbonyl (C=O) groups excluding carboxylic acids is 1. The van der Waals surface area contributed by atoms with Crippen LogP contribution in [0.4, 0.5) is 13.2 Å². The van der Waals surface area contributed by atoms with Gasteiger partial charge in [-0.2, -0.15) is 23.3 Å². The number of nitrogens with one attached hydrogen (secondary N) is 1. The molecule has 0 bridgehead atoms. The lowest BCUT2D eigenvalue weighted by molar-refractivity contribution is -0.874. The van der Waals surface area contributed by atoms with E-state index in [9.17, 15) is 18.0 Å². The number of nitrogens with two attached hydrogens (primary N) is 1. The fourth-order valence-electron chi connectivity index (χ4n) is 5.83. The number of halogens is 3. The first kappa shape index (κ1) is 32.8. The van der Waals surface area contributed by atoms with Crippen molar-refractivity contribution in [1.29, 1.82) is 0 Å². The predicted octanol–water partition coefficient (Wildman–Crippen LogP) is 5.55. The van der Waals surface area contributed by atoms with Gasteiger partial charge in [0.25, 0.3) is 0 Å². The summed E-state index contributed by atoms with van der Waals surface area (Å²) in [5, 5.41) is 11.3. The van der Waals surface area contributed by atoms with Crippen LogP contribution in [-0.4, -0.2) is 76.1 Å². The van der Waals surface area contributed by atoms with Crippen molar-refractivity contribution in [2.45, 2.75) is 76.8 Å². The third-order valence-electron chi connectivity index (χ3n) is 8.08. The molecule has 3 aromatic heterocycles. The number of hydrogen-bond donors (Lipinski definition) is 2. The van der Waals surface area contributed by atoms with E-state index in [1.54, 1.807) is 78.7 Å². The molecular formula is C30H41F3N7O2S+. The molecular weight excluding hydrogens is 579 g/mol. The van der Waals surface area contributed by atoms with Crippen LogP contribution in [0.2, 0.25) is 0 Å². The molecule has 234 valence electrons. The summed E-state index contributed by atoms with van der Waals surface area (Å²) in [4.78, 5) is 14.9. The summed E-state index contributed by atoms with van der Waals surface area (Å²) in [6.07, 6.45) is 3.48. The van der Waals surface area contributed by atoms with Gasteiger partial charge in [-0.25, -0.2) is 0 Å². The molecule has 3 unspecified atom stereocenters. The first-order chi connectivity index (χ1) is 20.4. The van der Waals surface area contributed by atoms with Crippen LogP contribution in [0.3, 0.4) is 0 Å². The van der Waals surface area contributed by atoms with Gasteiger partial charge in [0.15, 0.2) is 6.29 Å². The standard InChI is InChI=1S/C14H12F3N3OS.C8H12N2O.C7H12N.CH5N/c1-18-7-11-19-13(20-21-11)12-9(6-14(15,16)17)8-4-2-3-5-10(8)22-12;1-8(2,3)10-5-7(6-11)4-9-10;1-2-7-5-8(7)4-3-6(1)8;1-2/h2-5,18H,6-7H2,1H3;4-6H,1-3H3;6-7H,1-5H2;2H2,1H3/q;;+1;. The zero-order valence-corrected chi connectivity index (χ0v) is 26.1. The largest absolute Gasteiger partial charge is 0.393 e. The number of thiophene rings is 1. The van der Waals surface area contributed by atoms with Gasteiger partial charge in [-0.1, -0.05) is 23.4 Å². The molecule has 0 saturated carbocycles. The number of aldehydes is 1. The predicted molar refractivity (Wildman–Crippen MR) is 162 cm³/mol. The fourth-order valence-corrected chi connectivity index (χ4v) is 6.98. The van der Waals surface area contributed by atoms with E-state index >= 15 is 0 Å². The SMILES string of the molecule is C1CC2C[N+]23CCC13.CC(C)(C)n1cc(C=O)cn1.CN.CNCc1nc(-c2sc3ccccc3c2CC(F)(F)F)no1. The van der Waals surface area contributed by atoms with E-state index in [-0.39, 0.29) is 16.9 Å². The van der Waals surface area contributed by atoms with Crippen molar-refractivity contribution in [2.75, 3.05) is 27.2 Å².